The molecule has 0 aromatic heterocycles. The molecule has 0 fully saturated rings. The molecule has 6 heteroatoms. The predicted octanol–water partition coefficient (Wildman–Crippen LogP) is 1.37. The van der Waals surface area contributed by atoms with E-state index in [1.807, 2.05) is 0 Å². The Morgan fingerprint density at radius 2 is 2.00 bits per heavy atom. The Labute approximate surface area is 93.6 Å². The molecule has 1 amide bonds. The smallest absolute Gasteiger partial charge is 0.414 e. The van der Waals surface area contributed by atoms with Crippen molar-refractivity contribution in [1.82, 2.24) is 4.90 Å². The number of amides is 1. The van der Waals surface area contributed by atoms with Gasteiger partial charge in [0.05, 0.1) is 18.6 Å². The van der Waals surface area contributed by atoms with Crippen LogP contribution in [0.1, 0.15) is 6.92 Å². The standard InChI is InChI=1S/C9H14ClNO4/c1-4-14-8(12)5-7(6-10)15-9(13)11(2)3/h5H,4,6H2,1-3H3/b7-5+. The number of hydrogen-bond acceptors (Lipinski definition) is 4. The van der Waals surface area contributed by atoms with Gasteiger partial charge in [-0.1, -0.05) is 0 Å². The van der Waals surface area contributed by atoms with Crippen molar-refractivity contribution in [3.8, 4) is 0 Å². The number of ether oxygens (including phenoxy) is 2. The van der Waals surface area contributed by atoms with Crippen molar-refractivity contribution in [2.75, 3.05) is 26.6 Å². The fourth-order valence-electron chi connectivity index (χ4n) is 0.614. The van der Waals surface area contributed by atoms with Crippen molar-refractivity contribution in [1.29, 1.82) is 0 Å². The van der Waals surface area contributed by atoms with Gasteiger partial charge in [-0.25, -0.2) is 9.59 Å². The van der Waals surface area contributed by atoms with Crippen LogP contribution in [-0.4, -0.2) is 43.5 Å². The number of halogens is 1. The monoisotopic (exact) mass is 235 g/mol. The van der Waals surface area contributed by atoms with Gasteiger partial charge in [-0.15, -0.1) is 11.6 Å². The van der Waals surface area contributed by atoms with Crippen LogP contribution < -0.4 is 0 Å². The van der Waals surface area contributed by atoms with E-state index in [9.17, 15) is 9.59 Å². The number of allylic oxidation sites excluding steroid dienone is 1. The molecule has 0 aromatic carbocycles. The molecule has 0 bridgehead atoms. The summed E-state index contributed by atoms with van der Waals surface area (Å²) in [6.07, 6.45) is 0.462. The number of carbonyl (C=O) groups excluding carboxylic acids is 2. The number of carbonyl (C=O) groups is 2. The van der Waals surface area contributed by atoms with Gasteiger partial charge < -0.3 is 14.4 Å². The van der Waals surface area contributed by atoms with Gasteiger partial charge in [-0.05, 0) is 6.92 Å². The van der Waals surface area contributed by atoms with E-state index in [0.717, 1.165) is 6.08 Å². The normalized spacial score (nSPS) is 10.8. The number of nitrogens with zero attached hydrogens (tertiary/aromatic N) is 1. The second-order valence-electron chi connectivity index (χ2n) is 2.76. The average molecular weight is 236 g/mol. The first kappa shape index (κ1) is 13.8. The molecule has 0 aromatic rings. The summed E-state index contributed by atoms with van der Waals surface area (Å²) in [6.45, 7) is 1.93. The summed E-state index contributed by atoms with van der Waals surface area (Å²) in [5.74, 6) is -0.591. The van der Waals surface area contributed by atoms with E-state index in [0.29, 0.717) is 0 Å². The maximum absolute atomic E-state index is 11.1. The molecule has 0 atom stereocenters. The van der Waals surface area contributed by atoms with Crippen molar-refractivity contribution in [2.24, 2.45) is 0 Å². The first-order valence-electron chi connectivity index (χ1n) is 4.33. The molecule has 0 aliphatic rings. The molecule has 0 radical (unpaired) electrons. The summed E-state index contributed by atoms with van der Waals surface area (Å²) < 4.78 is 9.43. The molecule has 0 aliphatic heterocycles. The zero-order valence-corrected chi connectivity index (χ0v) is 9.71. The van der Waals surface area contributed by atoms with E-state index >= 15 is 0 Å². The van der Waals surface area contributed by atoms with Crippen molar-refractivity contribution >= 4 is 23.7 Å². The first-order chi connectivity index (χ1) is 7.01. The van der Waals surface area contributed by atoms with Crippen LogP contribution in [0.3, 0.4) is 0 Å². The van der Waals surface area contributed by atoms with Gasteiger partial charge in [0.25, 0.3) is 0 Å². The summed E-state index contributed by atoms with van der Waals surface area (Å²) in [5.41, 5.74) is 0. The predicted molar refractivity (Wildman–Crippen MR) is 55.6 cm³/mol. The van der Waals surface area contributed by atoms with E-state index in [1.165, 1.54) is 19.0 Å². The van der Waals surface area contributed by atoms with Gasteiger partial charge in [0, 0.05) is 14.1 Å². The third kappa shape index (κ3) is 5.96. The molecule has 0 aliphatic carbocycles. The van der Waals surface area contributed by atoms with Gasteiger partial charge in [0.15, 0.2) is 0 Å². The fourth-order valence-corrected chi connectivity index (χ4v) is 0.746. The van der Waals surface area contributed by atoms with Crippen LogP contribution in [0.5, 0.6) is 0 Å². The summed E-state index contributed by atoms with van der Waals surface area (Å²) in [6, 6.07) is 0. The van der Waals surface area contributed by atoms with Crippen molar-refractivity contribution in [3.63, 3.8) is 0 Å². The van der Waals surface area contributed by atoms with Gasteiger partial charge >= 0.3 is 12.1 Å². The third-order valence-corrected chi connectivity index (χ3v) is 1.54. The van der Waals surface area contributed by atoms with E-state index in [1.54, 1.807) is 6.92 Å². The topological polar surface area (TPSA) is 55.8 Å². The molecule has 0 unspecified atom stereocenters. The lowest BCUT2D eigenvalue weighted by atomic mass is 10.5. The quantitative estimate of drug-likeness (QED) is 0.320. The van der Waals surface area contributed by atoms with Crippen molar-refractivity contribution in [3.05, 3.63) is 11.8 Å². The lowest BCUT2D eigenvalue weighted by molar-refractivity contribution is -0.137. The fraction of sp³-hybridized carbons (Fsp3) is 0.556. The molecule has 0 saturated heterocycles. The Morgan fingerprint density at radius 1 is 1.40 bits per heavy atom. The maximum atomic E-state index is 11.1. The SMILES string of the molecule is CCOC(=O)/C=C(\CCl)OC(=O)N(C)C. The number of hydrogen-bond donors (Lipinski definition) is 0. The molecule has 5 nitrogen and oxygen atoms in total. The molecule has 86 valence electrons. The van der Waals surface area contributed by atoms with Crippen molar-refractivity contribution < 1.29 is 19.1 Å². The van der Waals surface area contributed by atoms with Gasteiger partial charge in [-0.2, -0.15) is 0 Å². The number of rotatable bonds is 4. The largest absolute Gasteiger partial charge is 0.463 e. The van der Waals surface area contributed by atoms with E-state index in [4.69, 9.17) is 16.3 Å². The minimum Gasteiger partial charge on any atom is -0.463 e. The van der Waals surface area contributed by atoms with Crippen LogP contribution in [0.25, 0.3) is 0 Å². The summed E-state index contributed by atoms with van der Waals surface area (Å²) in [7, 11) is 3.05. The van der Waals surface area contributed by atoms with E-state index in [2.05, 4.69) is 4.74 Å². The Morgan fingerprint density at radius 3 is 2.40 bits per heavy atom. The summed E-state index contributed by atoms with van der Waals surface area (Å²) >= 11 is 5.49. The van der Waals surface area contributed by atoms with Crippen molar-refractivity contribution in [2.45, 2.75) is 6.92 Å². The van der Waals surface area contributed by atoms with E-state index in [-0.39, 0.29) is 18.2 Å². The minimum absolute atomic E-state index is 0.0637. The average Bonchev–Trinajstić information content (AvgIpc) is 2.16. The highest BCUT2D eigenvalue weighted by molar-refractivity contribution is 6.19. The zero-order chi connectivity index (χ0) is 11.8. The van der Waals surface area contributed by atoms with Gasteiger partial charge in [-0.3, -0.25) is 0 Å². The highest BCUT2D eigenvalue weighted by atomic mass is 35.5. The molecular formula is C9H14ClNO4. The zero-order valence-electron chi connectivity index (χ0n) is 8.95. The molecule has 15 heavy (non-hydrogen) atoms. The first-order valence-corrected chi connectivity index (χ1v) is 4.87. The molecule has 0 heterocycles. The minimum atomic E-state index is -0.591. The molecule has 0 saturated carbocycles. The third-order valence-electron chi connectivity index (χ3n) is 1.28. The molecule has 0 spiro atoms. The second kappa shape index (κ2) is 7.11. The lowest BCUT2D eigenvalue weighted by Gasteiger charge is -2.11. The Balaban J connectivity index is 4.36. The molecule has 0 rings (SSSR count). The van der Waals surface area contributed by atoms with Crippen LogP contribution in [0.4, 0.5) is 4.79 Å². The van der Waals surface area contributed by atoms with Crippen LogP contribution in [-0.2, 0) is 14.3 Å². The van der Waals surface area contributed by atoms with E-state index < -0.39 is 12.1 Å². The summed E-state index contributed by atoms with van der Waals surface area (Å²) in [4.78, 5) is 23.3. The second-order valence-corrected chi connectivity index (χ2v) is 3.03. The Kier molecular flexibility index (Phi) is 6.53. The van der Waals surface area contributed by atoms with Gasteiger partial charge in [0.2, 0.25) is 0 Å². The summed E-state index contributed by atoms with van der Waals surface area (Å²) in [5, 5.41) is 0. The van der Waals surface area contributed by atoms with Crippen LogP contribution in [0.15, 0.2) is 11.8 Å². The van der Waals surface area contributed by atoms with Crippen LogP contribution >= 0.6 is 11.6 Å². The van der Waals surface area contributed by atoms with Crippen LogP contribution in [0, 0.1) is 0 Å². The number of alkyl halides is 1. The number of esters is 1. The van der Waals surface area contributed by atoms with Crippen LogP contribution in [0.2, 0.25) is 0 Å². The molecule has 0 N–H and O–H groups in total. The lowest BCUT2D eigenvalue weighted by Crippen LogP contribution is -2.23. The highest BCUT2D eigenvalue weighted by Crippen LogP contribution is 2.03. The Hall–Kier alpha value is -1.23. The Bertz CT molecular complexity index is 263. The molecular weight excluding hydrogens is 222 g/mol. The van der Waals surface area contributed by atoms with Gasteiger partial charge in [0.1, 0.15) is 5.76 Å². The highest BCUT2D eigenvalue weighted by Gasteiger charge is 2.10. The maximum Gasteiger partial charge on any atom is 0.414 e.